The van der Waals surface area contributed by atoms with E-state index < -0.39 is 61.1 Å². The van der Waals surface area contributed by atoms with Gasteiger partial charge in [0, 0.05) is 10.3 Å². The SMILES string of the molecule is CCc1c(C(=O)O)ccc(C(F)(C(F)(F)F)C(F)(F)F)c1[S@](=O)C(C)(C)C. The van der Waals surface area contributed by atoms with Crippen molar-refractivity contribution in [2.45, 2.75) is 61.8 Å². The van der Waals surface area contributed by atoms with Crippen molar-refractivity contribution in [1.82, 2.24) is 0 Å². The molecule has 1 aromatic carbocycles. The Labute approximate surface area is 153 Å². The monoisotopic (exact) mass is 422 g/mol. The molecule has 0 saturated heterocycles. The van der Waals surface area contributed by atoms with Crippen LogP contribution in [0.3, 0.4) is 0 Å². The summed E-state index contributed by atoms with van der Waals surface area (Å²) in [4.78, 5) is 10.2. The number of halogens is 7. The minimum atomic E-state index is -6.40. The van der Waals surface area contributed by atoms with Crippen molar-refractivity contribution in [3.63, 3.8) is 0 Å². The molecule has 1 N–H and O–H groups in total. The highest BCUT2D eigenvalue weighted by Gasteiger charge is 2.74. The summed E-state index contributed by atoms with van der Waals surface area (Å²) < 4.78 is 105. The molecular weight excluding hydrogens is 405 g/mol. The normalized spacial score (nSPS) is 14.9. The molecule has 27 heavy (non-hydrogen) atoms. The molecule has 0 aromatic heterocycles. The Hall–Kier alpha value is -1.65. The Kier molecular flexibility index (Phi) is 6.12. The highest BCUT2D eigenvalue weighted by molar-refractivity contribution is 7.86. The van der Waals surface area contributed by atoms with Crippen molar-refractivity contribution >= 4 is 16.8 Å². The zero-order chi connectivity index (χ0) is 21.6. The summed E-state index contributed by atoms with van der Waals surface area (Å²) in [5.74, 6) is -1.64. The van der Waals surface area contributed by atoms with Crippen molar-refractivity contribution in [3.8, 4) is 0 Å². The lowest BCUT2D eigenvalue weighted by Gasteiger charge is -2.33. The largest absolute Gasteiger partial charge is 0.478 e. The predicted molar refractivity (Wildman–Crippen MR) is 83.8 cm³/mol. The fourth-order valence-corrected chi connectivity index (χ4v) is 3.93. The Morgan fingerprint density at radius 1 is 1.00 bits per heavy atom. The topological polar surface area (TPSA) is 54.4 Å². The van der Waals surface area contributed by atoms with E-state index in [2.05, 4.69) is 0 Å². The summed E-state index contributed by atoms with van der Waals surface area (Å²) >= 11 is 0. The molecule has 0 bridgehead atoms. The van der Waals surface area contributed by atoms with Crippen LogP contribution < -0.4 is 0 Å². The molecular formula is C16H17F7O3S. The van der Waals surface area contributed by atoms with Gasteiger partial charge in [0.15, 0.2) is 0 Å². The van der Waals surface area contributed by atoms with Crippen LogP contribution in [0, 0.1) is 0 Å². The van der Waals surface area contributed by atoms with E-state index in [0.717, 1.165) is 0 Å². The van der Waals surface area contributed by atoms with Gasteiger partial charge in [0.2, 0.25) is 0 Å². The Morgan fingerprint density at radius 2 is 1.44 bits per heavy atom. The standard InChI is InChI=1S/C16H17F7O3S/c1-5-8-9(12(24)25)6-7-10(11(8)27(26)13(2,3)4)14(17,15(18,19)20)16(21,22)23/h6-7H,5H2,1-4H3,(H,24,25)/t27-/m0/s1. The van der Waals surface area contributed by atoms with Crippen LogP contribution in [-0.4, -0.2) is 32.4 Å². The van der Waals surface area contributed by atoms with E-state index in [1.807, 2.05) is 0 Å². The molecule has 1 rings (SSSR count). The van der Waals surface area contributed by atoms with Gasteiger partial charge in [-0.15, -0.1) is 0 Å². The predicted octanol–water partition coefficient (Wildman–Crippen LogP) is 5.14. The highest BCUT2D eigenvalue weighted by Crippen LogP contribution is 2.55. The van der Waals surface area contributed by atoms with Crippen molar-refractivity contribution in [2.24, 2.45) is 0 Å². The molecule has 0 aliphatic rings. The zero-order valence-corrected chi connectivity index (χ0v) is 15.5. The smallest absolute Gasteiger partial charge is 0.435 e. The van der Waals surface area contributed by atoms with Gasteiger partial charge in [-0.2, -0.15) is 26.3 Å². The van der Waals surface area contributed by atoms with Crippen LogP contribution in [0.15, 0.2) is 17.0 Å². The Bertz CT molecular complexity index is 747. The van der Waals surface area contributed by atoms with Gasteiger partial charge in [0.05, 0.1) is 21.3 Å². The average Bonchev–Trinajstić information content (AvgIpc) is 2.48. The first-order valence-electron chi connectivity index (χ1n) is 7.55. The van der Waals surface area contributed by atoms with Crippen molar-refractivity contribution < 1.29 is 44.8 Å². The van der Waals surface area contributed by atoms with E-state index in [1.54, 1.807) is 0 Å². The van der Waals surface area contributed by atoms with Crippen molar-refractivity contribution in [3.05, 3.63) is 28.8 Å². The number of alkyl halides is 7. The number of carboxylic acid groups (broad SMARTS) is 1. The second kappa shape index (κ2) is 7.06. The van der Waals surface area contributed by atoms with E-state index in [1.165, 1.54) is 27.7 Å². The number of rotatable bonds is 4. The van der Waals surface area contributed by atoms with Crippen LogP contribution in [-0.2, 0) is 22.9 Å². The lowest BCUT2D eigenvalue weighted by Crippen LogP contribution is -2.51. The number of carbonyl (C=O) groups is 1. The van der Waals surface area contributed by atoms with E-state index in [-0.39, 0.29) is 12.5 Å². The summed E-state index contributed by atoms with van der Waals surface area (Å²) in [5.41, 5.74) is -8.89. The molecule has 1 atom stereocenters. The molecule has 0 spiro atoms. The molecule has 0 heterocycles. The summed E-state index contributed by atoms with van der Waals surface area (Å²) in [5, 5.41) is 9.18. The van der Waals surface area contributed by atoms with Crippen LogP contribution in [0.1, 0.15) is 49.2 Å². The lowest BCUT2D eigenvalue weighted by molar-refractivity contribution is -0.349. The molecule has 0 amide bonds. The van der Waals surface area contributed by atoms with Gasteiger partial charge in [0.25, 0.3) is 0 Å². The maximum atomic E-state index is 14.7. The first-order chi connectivity index (χ1) is 11.9. The molecule has 0 aliphatic heterocycles. The zero-order valence-electron chi connectivity index (χ0n) is 14.7. The van der Waals surface area contributed by atoms with Gasteiger partial charge in [-0.05, 0) is 38.8 Å². The fraction of sp³-hybridized carbons (Fsp3) is 0.562. The maximum Gasteiger partial charge on any atom is 0.435 e. The van der Waals surface area contributed by atoms with Gasteiger partial charge >= 0.3 is 24.0 Å². The van der Waals surface area contributed by atoms with Gasteiger partial charge in [-0.1, -0.05) is 13.0 Å². The molecule has 11 heteroatoms. The van der Waals surface area contributed by atoms with E-state index in [9.17, 15) is 44.8 Å². The molecule has 154 valence electrons. The number of hydrogen-bond donors (Lipinski definition) is 1. The number of hydrogen-bond acceptors (Lipinski definition) is 2. The van der Waals surface area contributed by atoms with Gasteiger partial charge < -0.3 is 5.11 Å². The second-order valence-corrected chi connectivity index (χ2v) is 8.83. The number of benzene rings is 1. The molecule has 0 saturated carbocycles. The van der Waals surface area contributed by atoms with E-state index in [0.29, 0.717) is 6.07 Å². The Balaban J connectivity index is 4.16. The second-order valence-electron chi connectivity index (χ2n) is 6.66. The van der Waals surface area contributed by atoms with Gasteiger partial charge in [-0.3, -0.25) is 4.21 Å². The maximum absolute atomic E-state index is 14.7. The molecule has 0 fully saturated rings. The van der Waals surface area contributed by atoms with Crippen LogP contribution in [0.25, 0.3) is 0 Å². The minimum absolute atomic E-state index is 0.0998. The van der Waals surface area contributed by atoms with Crippen LogP contribution in [0.2, 0.25) is 0 Å². The first kappa shape index (κ1) is 23.4. The van der Waals surface area contributed by atoms with Crippen LogP contribution >= 0.6 is 0 Å². The van der Waals surface area contributed by atoms with Crippen molar-refractivity contribution in [1.29, 1.82) is 0 Å². The summed E-state index contributed by atoms with van der Waals surface area (Å²) in [6, 6.07) is 0.564. The molecule has 0 unspecified atom stereocenters. The lowest BCUT2D eigenvalue weighted by atomic mass is 9.90. The average molecular weight is 422 g/mol. The van der Waals surface area contributed by atoms with Crippen LogP contribution in [0.5, 0.6) is 0 Å². The van der Waals surface area contributed by atoms with Crippen molar-refractivity contribution in [2.75, 3.05) is 0 Å². The summed E-state index contributed by atoms with van der Waals surface area (Å²) in [7, 11) is -2.57. The third-order valence-corrected chi connectivity index (χ3v) is 5.69. The minimum Gasteiger partial charge on any atom is -0.478 e. The third kappa shape index (κ3) is 3.97. The van der Waals surface area contributed by atoms with E-state index >= 15 is 0 Å². The highest BCUT2D eigenvalue weighted by atomic mass is 32.2. The number of carboxylic acids is 1. The summed E-state index contributed by atoms with van der Waals surface area (Å²) in [6.07, 6.45) is -13.2. The van der Waals surface area contributed by atoms with E-state index in [4.69, 9.17) is 0 Å². The summed E-state index contributed by atoms with van der Waals surface area (Å²) in [6.45, 7) is 5.05. The molecule has 0 aliphatic carbocycles. The van der Waals surface area contributed by atoms with Gasteiger partial charge in [0.1, 0.15) is 0 Å². The first-order valence-corrected chi connectivity index (χ1v) is 8.70. The number of aromatic carboxylic acids is 1. The molecule has 0 radical (unpaired) electrons. The third-order valence-electron chi connectivity index (χ3n) is 3.74. The fourth-order valence-electron chi connectivity index (χ4n) is 2.43. The Morgan fingerprint density at radius 3 is 1.74 bits per heavy atom. The quantitative estimate of drug-likeness (QED) is 0.684. The molecule has 1 aromatic rings. The van der Waals surface area contributed by atoms with Crippen LogP contribution in [0.4, 0.5) is 30.7 Å². The molecule has 3 nitrogen and oxygen atoms in total. The van der Waals surface area contributed by atoms with Gasteiger partial charge in [-0.25, -0.2) is 9.18 Å².